The molecule has 4 atom stereocenters. The lowest BCUT2D eigenvalue weighted by molar-refractivity contribution is -0.171. The Labute approximate surface area is 176 Å². The van der Waals surface area contributed by atoms with Crippen LogP contribution in [0, 0.1) is 0 Å². The lowest BCUT2D eigenvalue weighted by Gasteiger charge is -2.27. The maximum atomic E-state index is 11.8. The molecular weight excluding hydrogens is 376 g/mol. The number of unbranched alkanes of at least 4 members (excludes halogenated alkanes) is 12. The molecule has 174 valence electrons. The first-order chi connectivity index (χ1) is 14.0. The second-order valence-electron chi connectivity index (χ2n) is 7.93. The molecule has 0 aliphatic heterocycles. The second kappa shape index (κ2) is 19.2. The third-order valence-corrected chi connectivity index (χ3v) is 5.26. The van der Waals surface area contributed by atoms with Crippen LogP contribution in [0.5, 0.6) is 0 Å². The average Bonchev–Trinajstić information content (AvgIpc) is 2.73. The van der Waals surface area contributed by atoms with Crippen LogP contribution in [0.2, 0.25) is 0 Å². The zero-order chi connectivity index (χ0) is 21.9. The number of ether oxygens (including phenoxy) is 1. The van der Waals surface area contributed by atoms with E-state index in [0.717, 1.165) is 19.3 Å². The van der Waals surface area contributed by atoms with Crippen molar-refractivity contribution in [3.05, 3.63) is 0 Å². The van der Waals surface area contributed by atoms with E-state index in [0.29, 0.717) is 6.42 Å². The van der Waals surface area contributed by atoms with E-state index in [-0.39, 0.29) is 6.42 Å². The molecule has 0 saturated heterocycles. The molecule has 0 saturated carbocycles. The van der Waals surface area contributed by atoms with Crippen molar-refractivity contribution in [2.24, 2.45) is 0 Å². The van der Waals surface area contributed by atoms with Crippen molar-refractivity contribution in [1.29, 1.82) is 0 Å². The maximum Gasteiger partial charge on any atom is 0.306 e. The Kier molecular flexibility index (Phi) is 18.8. The van der Waals surface area contributed by atoms with Crippen molar-refractivity contribution in [1.82, 2.24) is 0 Å². The quantitative estimate of drug-likeness (QED) is 0.151. The molecule has 5 N–H and O–H groups in total. The lowest BCUT2D eigenvalue weighted by atomic mass is 10.0. The van der Waals surface area contributed by atoms with Gasteiger partial charge in [-0.2, -0.15) is 0 Å². The van der Waals surface area contributed by atoms with E-state index in [1.807, 2.05) is 0 Å². The zero-order valence-electron chi connectivity index (χ0n) is 18.2. The normalized spacial score (nSPS) is 15.7. The fourth-order valence-electron chi connectivity index (χ4n) is 3.29. The van der Waals surface area contributed by atoms with Crippen LogP contribution in [0.4, 0.5) is 0 Å². The Morgan fingerprint density at radius 3 is 1.55 bits per heavy atom. The van der Waals surface area contributed by atoms with Gasteiger partial charge in [-0.05, 0) is 6.42 Å². The molecule has 0 aromatic carbocycles. The van der Waals surface area contributed by atoms with Crippen LogP contribution in [0.1, 0.15) is 96.8 Å². The fourth-order valence-corrected chi connectivity index (χ4v) is 3.29. The van der Waals surface area contributed by atoms with Gasteiger partial charge in [0, 0.05) is 6.42 Å². The molecule has 0 radical (unpaired) electrons. The van der Waals surface area contributed by atoms with Crippen molar-refractivity contribution >= 4 is 5.97 Å². The highest BCUT2D eigenvalue weighted by Gasteiger charge is 2.33. The Morgan fingerprint density at radius 1 is 0.690 bits per heavy atom. The van der Waals surface area contributed by atoms with Gasteiger partial charge in [0.1, 0.15) is 18.3 Å². The Hall–Kier alpha value is -0.730. The van der Waals surface area contributed by atoms with E-state index < -0.39 is 43.6 Å². The molecule has 0 spiro atoms. The van der Waals surface area contributed by atoms with Crippen LogP contribution in [0.25, 0.3) is 0 Å². The van der Waals surface area contributed by atoms with E-state index in [1.165, 1.54) is 57.8 Å². The van der Waals surface area contributed by atoms with Gasteiger partial charge >= 0.3 is 5.97 Å². The van der Waals surface area contributed by atoms with Crippen LogP contribution < -0.4 is 0 Å². The highest BCUT2D eigenvalue weighted by Crippen LogP contribution is 2.14. The van der Waals surface area contributed by atoms with E-state index in [9.17, 15) is 25.2 Å². The largest absolute Gasteiger partial charge is 0.457 e. The lowest BCUT2D eigenvalue weighted by Crippen LogP contribution is -2.48. The summed E-state index contributed by atoms with van der Waals surface area (Å²) in [5, 5.41) is 46.8. The summed E-state index contributed by atoms with van der Waals surface area (Å²) in [6, 6.07) is 0. The number of esters is 1. The molecule has 0 fully saturated rings. The number of rotatable bonds is 20. The Morgan fingerprint density at radius 2 is 1.14 bits per heavy atom. The average molecular weight is 421 g/mol. The van der Waals surface area contributed by atoms with Gasteiger partial charge in [0.05, 0.1) is 13.2 Å². The molecular formula is C22H44O7. The van der Waals surface area contributed by atoms with Crippen molar-refractivity contribution in [2.75, 3.05) is 13.2 Å². The Balaban J connectivity index is 3.68. The van der Waals surface area contributed by atoms with Gasteiger partial charge in [-0.1, -0.05) is 84.0 Å². The van der Waals surface area contributed by atoms with Gasteiger partial charge < -0.3 is 30.3 Å². The molecule has 0 unspecified atom stereocenters. The summed E-state index contributed by atoms with van der Waals surface area (Å²) >= 11 is 0. The van der Waals surface area contributed by atoms with E-state index in [1.54, 1.807) is 0 Å². The minimum absolute atomic E-state index is 0.180. The molecule has 0 aromatic heterocycles. The molecule has 7 nitrogen and oxygen atoms in total. The summed E-state index contributed by atoms with van der Waals surface area (Å²) in [6.45, 7) is 0.807. The van der Waals surface area contributed by atoms with Crippen molar-refractivity contribution < 1.29 is 35.1 Å². The fraction of sp³-hybridized carbons (Fsp3) is 0.955. The molecule has 0 aliphatic rings. The molecule has 0 bridgehead atoms. The van der Waals surface area contributed by atoms with Crippen molar-refractivity contribution in [2.45, 2.75) is 121 Å². The third-order valence-electron chi connectivity index (χ3n) is 5.26. The molecule has 0 aliphatic carbocycles. The highest BCUT2D eigenvalue weighted by molar-refractivity contribution is 5.69. The first-order valence-corrected chi connectivity index (χ1v) is 11.4. The van der Waals surface area contributed by atoms with E-state index in [4.69, 9.17) is 9.84 Å². The van der Waals surface area contributed by atoms with E-state index >= 15 is 0 Å². The zero-order valence-corrected chi connectivity index (χ0v) is 18.2. The predicted octanol–water partition coefficient (Wildman–Crippen LogP) is 2.45. The first-order valence-electron chi connectivity index (χ1n) is 11.4. The molecule has 0 heterocycles. The smallest absolute Gasteiger partial charge is 0.306 e. The predicted molar refractivity (Wildman–Crippen MR) is 112 cm³/mol. The number of aliphatic hydroxyl groups is 5. The standard InChI is InChI=1S/C22H44O7/c1-2-3-4-5-6-7-8-9-10-11-12-13-14-15-20(26)29-19(17-24)22(28)21(27)18(25)16-23/h18-19,21-25,27-28H,2-17H2,1H3/t18-,19-,21-,22-/m1/s1. The van der Waals surface area contributed by atoms with Crippen molar-refractivity contribution in [3.8, 4) is 0 Å². The first kappa shape index (κ1) is 28.3. The van der Waals surface area contributed by atoms with Gasteiger partial charge in [-0.25, -0.2) is 0 Å². The minimum Gasteiger partial charge on any atom is -0.457 e. The number of carbonyl (C=O) groups is 1. The second-order valence-corrected chi connectivity index (χ2v) is 7.93. The summed E-state index contributed by atoms with van der Waals surface area (Å²) in [7, 11) is 0. The highest BCUT2D eigenvalue weighted by atomic mass is 16.6. The minimum atomic E-state index is -1.71. The topological polar surface area (TPSA) is 127 Å². The summed E-state index contributed by atoms with van der Waals surface area (Å²) in [5.41, 5.74) is 0. The number of hydrogen-bond donors (Lipinski definition) is 5. The van der Waals surface area contributed by atoms with Crippen LogP contribution in [0.3, 0.4) is 0 Å². The number of hydrogen-bond acceptors (Lipinski definition) is 7. The summed E-state index contributed by atoms with van der Waals surface area (Å²) in [4.78, 5) is 11.8. The molecule has 0 rings (SSSR count). The van der Waals surface area contributed by atoms with Gasteiger partial charge in [-0.3, -0.25) is 4.79 Å². The van der Waals surface area contributed by atoms with Gasteiger partial charge in [0.15, 0.2) is 6.10 Å². The monoisotopic (exact) mass is 420 g/mol. The van der Waals surface area contributed by atoms with Gasteiger partial charge in [-0.15, -0.1) is 0 Å². The van der Waals surface area contributed by atoms with Crippen LogP contribution in [-0.2, 0) is 9.53 Å². The third kappa shape index (κ3) is 14.8. The summed E-state index contributed by atoms with van der Waals surface area (Å²) in [5.74, 6) is -0.558. The number of aliphatic hydroxyl groups excluding tert-OH is 5. The van der Waals surface area contributed by atoms with Crippen LogP contribution in [0.15, 0.2) is 0 Å². The number of carbonyl (C=O) groups excluding carboxylic acids is 1. The Bertz CT molecular complexity index is 378. The molecule has 7 heteroatoms. The molecule has 0 aromatic rings. The van der Waals surface area contributed by atoms with E-state index in [2.05, 4.69) is 6.92 Å². The van der Waals surface area contributed by atoms with Crippen molar-refractivity contribution in [3.63, 3.8) is 0 Å². The summed E-state index contributed by atoms with van der Waals surface area (Å²) in [6.07, 6.45) is 9.57. The maximum absolute atomic E-state index is 11.8. The summed E-state index contributed by atoms with van der Waals surface area (Å²) < 4.78 is 4.99. The van der Waals surface area contributed by atoms with Crippen LogP contribution >= 0.6 is 0 Å². The van der Waals surface area contributed by atoms with Crippen LogP contribution in [-0.4, -0.2) is 69.1 Å². The molecule has 0 amide bonds. The van der Waals surface area contributed by atoms with Gasteiger partial charge in [0.25, 0.3) is 0 Å². The van der Waals surface area contributed by atoms with Gasteiger partial charge in [0.2, 0.25) is 0 Å². The molecule has 29 heavy (non-hydrogen) atoms. The SMILES string of the molecule is CCCCCCCCCCCCCCCC(=O)O[C@H](CO)[C@@H](O)[C@H](O)[C@H](O)CO.